The van der Waals surface area contributed by atoms with E-state index in [9.17, 15) is 9.59 Å². The summed E-state index contributed by atoms with van der Waals surface area (Å²) in [5, 5.41) is 4.48. The van der Waals surface area contributed by atoms with Crippen LogP contribution in [0.2, 0.25) is 0 Å². The normalized spacial score (nSPS) is 10.1. The monoisotopic (exact) mass is 319 g/mol. The smallest absolute Gasteiger partial charge is 0.350 e. The van der Waals surface area contributed by atoms with Gasteiger partial charge in [-0.05, 0) is 29.5 Å². The van der Waals surface area contributed by atoms with Gasteiger partial charge in [0.2, 0.25) is 5.91 Å². The lowest BCUT2D eigenvalue weighted by molar-refractivity contribution is -0.116. The molecule has 1 amide bonds. The number of esters is 1. The Morgan fingerprint density at radius 3 is 2.68 bits per heavy atom. The number of carbonyl (C=O) groups excluding carboxylic acids is 2. The minimum Gasteiger partial charge on any atom is -0.496 e. The van der Waals surface area contributed by atoms with E-state index in [0.717, 1.165) is 11.3 Å². The van der Waals surface area contributed by atoms with Crippen molar-refractivity contribution in [3.05, 3.63) is 46.2 Å². The average molecular weight is 319 g/mol. The van der Waals surface area contributed by atoms with Crippen LogP contribution in [-0.4, -0.2) is 26.1 Å². The van der Waals surface area contributed by atoms with Gasteiger partial charge in [0.15, 0.2) is 0 Å². The number of anilines is 1. The van der Waals surface area contributed by atoms with E-state index in [4.69, 9.17) is 4.74 Å². The van der Waals surface area contributed by atoms with Gasteiger partial charge in [0.05, 0.1) is 19.9 Å². The number of aryl methyl sites for hydroxylation is 1. The number of rotatable bonds is 6. The molecular weight excluding hydrogens is 302 g/mol. The molecular formula is C16H17NO4S. The van der Waals surface area contributed by atoms with Crippen LogP contribution in [0.5, 0.6) is 5.75 Å². The third-order valence-corrected chi connectivity index (χ3v) is 4.02. The van der Waals surface area contributed by atoms with Gasteiger partial charge >= 0.3 is 5.97 Å². The average Bonchev–Trinajstić information content (AvgIpc) is 3.00. The molecule has 1 aromatic carbocycles. The summed E-state index contributed by atoms with van der Waals surface area (Å²) in [5.74, 6) is 0.158. The molecule has 0 saturated carbocycles. The summed E-state index contributed by atoms with van der Waals surface area (Å²) >= 11 is 1.24. The van der Waals surface area contributed by atoms with Gasteiger partial charge in [-0.15, -0.1) is 11.3 Å². The molecule has 1 N–H and O–H groups in total. The molecule has 22 heavy (non-hydrogen) atoms. The summed E-state index contributed by atoms with van der Waals surface area (Å²) in [4.78, 5) is 24.0. The van der Waals surface area contributed by atoms with Crippen LogP contribution in [0.25, 0.3) is 0 Å². The van der Waals surface area contributed by atoms with Gasteiger partial charge in [-0.1, -0.05) is 18.2 Å². The SMILES string of the molecule is COC(=O)c1sccc1NC(=O)CCc1ccccc1OC. The maximum atomic E-state index is 12.0. The molecule has 116 valence electrons. The van der Waals surface area contributed by atoms with Crippen LogP contribution in [0.15, 0.2) is 35.7 Å². The zero-order valence-corrected chi connectivity index (χ0v) is 13.2. The maximum absolute atomic E-state index is 12.0. The molecule has 6 heteroatoms. The minimum atomic E-state index is -0.449. The van der Waals surface area contributed by atoms with Crippen LogP contribution in [-0.2, 0) is 16.0 Å². The topological polar surface area (TPSA) is 64.6 Å². The molecule has 0 spiro atoms. The number of ether oxygens (including phenoxy) is 2. The van der Waals surface area contributed by atoms with Gasteiger partial charge in [-0.3, -0.25) is 4.79 Å². The highest BCUT2D eigenvalue weighted by Crippen LogP contribution is 2.24. The van der Waals surface area contributed by atoms with E-state index in [1.807, 2.05) is 24.3 Å². The molecule has 0 aliphatic rings. The molecule has 0 radical (unpaired) electrons. The minimum absolute atomic E-state index is 0.158. The van der Waals surface area contributed by atoms with Crippen molar-refractivity contribution in [3.63, 3.8) is 0 Å². The zero-order chi connectivity index (χ0) is 15.9. The molecule has 5 nitrogen and oxygen atoms in total. The van der Waals surface area contributed by atoms with E-state index in [2.05, 4.69) is 10.1 Å². The Morgan fingerprint density at radius 2 is 1.95 bits per heavy atom. The second-order valence-corrected chi connectivity index (χ2v) is 5.43. The Kier molecular flexibility index (Phi) is 5.55. The van der Waals surface area contributed by atoms with Gasteiger partial charge in [-0.2, -0.15) is 0 Å². The van der Waals surface area contributed by atoms with Crippen molar-refractivity contribution in [3.8, 4) is 5.75 Å². The van der Waals surface area contributed by atoms with Crippen LogP contribution < -0.4 is 10.1 Å². The highest BCUT2D eigenvalue weighted by atomic mass is 32.1. The first-order valence-corrected chi connectivity index (χ1v) is 7.61. The van der Waals surface area contributed by atoms with Crippen molar-refractivity contribution in [2.45, 2.75) is 12.8 Å². The van der Waals surface area contributed by atoms with Gasteiger partial charge in [-0.25, -0.2) is 4.79 Å². The molecule has 0 saturated heterocycles. The van der Waals surface area contributed by atoms with Crippen molar-refractivity contribution in [1.82, 2.24) is 0 Å². The quantitative estimate of drug-likeness (QED) is 0.831. The molecule has 0 bridgehead atoms. The summed E-state index contributed by atoms with van der Waals surface area (Å²) in [5.41, 5.74) is 1.46. The standard InChI is InChI=1S/C16H17NO4S/c1-20-13-6-4-3-5-11(13)7-8-14(18)17-12-9-10-22-15(12)16(19)21-2/h3-6,9-10H,7-8H2,1-2H3,(H,17,18). The molecule has 2 rings (SSSR count). The first-order chi connectivity index (χ1) is 10.7. The van der Waals surface area contributed by atoms with Gasteiger partial charge < -0.3 is 14.8 Å². The zero-order valence-electron chi connectivity index (χ0n) is 12.4. The second-order valence-electron chi connectivity index (χ2n) is 4.52. The van der Waals surface area contributed by atoms with Crippen molar-refractivity contribution in [1.29, 1.82) is 0 Å². The molecule has 2 aromatic rings. The van der Waals surface area contributed by atoms with Crippen molar-refractivity contribution in [2.75, 3.05) is 19.5 Å². The van der Waals surface area contributed by atoms with Crippen molar-refractivity contribution in [2.24, 2.45) is 0 Å². The summed E-state index contributed by atoms with van der Waals surface area (Å²) in [6.07, 6.45) is 0.865. The number of para-hydroxylation sites is 1. The van der Waals surface area contributed by atoms with Gasteiger partial charge in [0.25, 0.3) is 0 Å². The van der Waals surface area contributed by atoms with Crippen LogP contribution in [0.4, 0.5) is 5.69 Å². The third kappa shape index (κ3) is 3.85. The van der Waals surface area contributed by atoms with Crippen molar-refractivity contribution >= 4 is 28.9 Å². The van der Waals surface area contributed by atoms with Crippen LogP contribution in [0.3, 0.4) is 0 Å². The molecule has 0 unspecified atom stereocenters. The van der Waals surface area contributed by atoms with E-state index in [-0.39, 0.29) is 5.91 Å². The third-order valence-electron chi connectivity index (χ3n) is 3.12. The lowest BCUT2D eigenvalue weighted by Gasteiger charge is -2.08. The number of hydrogen-bond donors (Lipinski definition) is 1. The molecule has 0 fully saturated rings. The van der Waals surface area contributed by atoms with Gasteiger partial charge in [0, 0.05) is 6.42 Å². The lowest BCUT2D eigenvalue weighted by Crippen LogP contribution is -2.14. The predicted octanol–water partition coefficient (Wildman–Crippen LogP) is 3.11. The highest BCUT2D eigenvalue weighted by molar-refractivity contribution is 7.12. The van der Waals surface area contributed by atoms with E-state index in [1.165, 1.54) is 18.4 Å². The number of nitrogens with one attached hydrogen (secondary N) is 1. The van der Waals surface area contributed by atoms with E-state index >= 15 is 0 Å². The fourth-order valence-corrected chi connectivity index (χ4v) is 2.79. The molecule has 1 heterocycles. The number of methoxy groups -OCH3 is 2. The number of benzene rings is 1. The fraction of sp³-hybridized carbons (Fsp3) is 0.250. The van der Waals surface area contributed by atoms with E-state index in [1.54, 1.807) is 18.6 Å². The molecule has 0 aliphatic heterocycles. The Balaban J connectivity index is 1.96. The number of carbonyl (C=O) groups is 2. The van der Waals surface area contributed by atoms with Gasteiger partial charge in [0.1, 0.15) is 10.6 Å². The van der Waals surface area contributed by atoms with Crippen LogP contribution in [0, 0.1) is 0 Å². The summed E-state index contributed by atoms with van der Waals surface area (Å²) < 4.78 is 9.94. The van der Waals surface area contributed by atoms with E-state index in [0.29, 0.717) is 23.4 Å². The largest absolute Gasteiger partial charge is 0.496 e. The predicted molar refractivity (Wildman–Crippen MR) is 85.6 cm³/mol. The van der Waals surface area contributed by atoms with E-state index < -0.39 is 5.97 Å². The molecule has 0 aliphatic carbocycles. The van der Waals surface area contributed by atoms with Crippen LogP contribution in [0.1, 0.15) is 21.7 Å². The Morgan fingerprint density at radius 1 is 1.18 bits per heavy atom. The molecule has 1 aromatic heterocycles. The summed E-state index contributed by atoms with van der Waals surface area (Å²) in [6.45, 7) is 0. The first-order valence-electron chi connectivity index (χ1n) is 6.73. The number of thiophene rings is 1. The second kappa shape index (κ2) is 7.61. The van der Waals surface area contributed by atoms with Crippen molar-refractivity contribution < 1.29 is 19.1 Å². The number of amides is 1. The van der Waals surface area contributed by atoms with Crippen LogP contribution >= 0.6 is 11.3 Å². The highest BCUT2D eigenvalue weighted by Gasteiger charge is 2.15. The number of hydrogen-bond acceptors (Lipinski definition) is 5. The molecule has 0 atom stereocenters. The summed E-state index contributed by atoms with van der Waals surface area (Å²) in [6, 6.07) is 9.27. The Labute approximate surface area is 132 Å². The summed E-state index contributed by atoms with van der Waals surface area (Å²) in [7, 11) is 2.92. The Hall–Kier alpha value is -2.34. The fourth-order valence-electron chi connectivity index (χ4n) is 2.03. The first kappa shape index (κ1) is 16.0. The Bertz CT molecular complexity index is 666. The lowest BCUT2D eigenvalue weighted by atomic mass is 10.1. The maximum Gasteiger partial charge on any atom is 0.350 e.